The number of halogens is 1. The van der Waals surface area contributed by atoms with Gasteiger partial charge in [0.1, 0.15) is 0 Å². The van der Waals surface area contributed by atoms with E-state index in [1.807, 2.05) is 24.3 Å². The molecule has 1 aliphatic heterocycles. The number of benzene rings is 1. The molecule has 0 bridgehead atoms. The zero-order chi connectivity index (χ0) is 12.1. The first-order chi connectivity index (χ1) is 8.18. The maximum Gasteiger partial charge on any atom is 0.0904 e. The summed E-state index contributed by atoms with van der Waals surface area (Å²) in [6.07, 6.45) is 1.52. The Morgan fingerprint density at radius 1 is 1.24 bits per heavy atom. The van der Waals surface area contributed by atoms with Crippen LogP contribution in [0.4, 0.5) is 0 Å². The summed E-state index contributed by atoms with van der Waals surface area (Å²) < 4.78 is 5.58. The van der Waals surface area contributed by atoms with Gasteiger partial charge >= 0.3 is 0 Å². The van der Waals surface area contributed by atoms with Crippen molar-refractivity contribution in [2.24, 2.45) is 0 Å². The predicted octanol–water partition coefficient (Wildman–Crippen LogP) is 1.97. The van der Waals surface area contributed by atoms with Crippen molar-refractivity contribution in [3.8, 4) is 0 Å². The standard InChI is InChI=1S/C13H18ClNO2/c14-12-3-1-11(2-4-12)9-17-10-13(16)5-7-15-8-6-13/h1-4,15-16H,5-10H2. The van der Waals surface area contributed by atoms with E-state index < -0.39 is 5.60 Å². The van der Waals surface area contributed by atoms with Gasteiger partial charge in [-0.3, -0.25) is 0 Å². The average Bonchev–Trinajstić information content (AvgIpc) is 2.32. The summed E-state index contributed by atoms with van der Waals surface area (Å²) in [6.45, 7) is 2.64. The number of aliphatic hydroxyl groups is 1. The molecule has 94 valence electrons. The number of ether oxygens (including phenoxy) is 1. The van der Waals surface area contributed by atoms with E-state index in [1.165, 1.54) is 0 Å². The highest BCUT2D eigenvalue weighted by Crippen LogP contribution is 2.19. The largest absolute Gasteiger partial charge is 0.387 e. The second kappa shape index (κ2) is 5.83. The molecule has 0 spiro atoms. The molecule has 1 fully saturated rings. The van der Waals surface area contributed by atoms with Crippen molar-refractivity contribution < 1.29 is 9.84 Å². The Kier molecular flexibility index (Phi) is 4.40. The van der Waals surface area contributed by atoms with Crippen LogP contribution >= 0.6 is 11.6 Å². The molecule has 2 N–H and O–H groups in total. The number of hydrogen-bond donors (Lipinski definition) is 2. The Hall–Kier alpha value is -0.610. The van der Waals surface area contributed by atoms with Gasteiger partial charge in [-0.1, -0.05) is 23.7 Å². The minimum absolute atomic E-state index is 0.400. The molecule has 3 nitrogen and oxygen atoms in total. The number of rotatable bonds is 4. The third-order valence-electron chi connectivity index (χ3n) is 3.09. The molecule has 4 heteroatoms. The maximum atomic E-state index is 10.2. The first kappa shape index (κ1) is 12.8. The molecule has 0 aliphatic carbocycles. The van der Waals surface area contributed by atoms with E-state index in [1.54, 1.807) is 0 Å². The molecule has 1 aliphatic rings. The van der Waals surface area contributed by atoms with Gasteiger partial charge in [-0.25, -0.2) is 0 Å². The van der Waals surface area contributed by atoms with E-state index >= 15 is 0 Å². The highest BCUT2D eigenvalue weighted by Gasteiger charge is 2.29. The van der Waals surface area contributed by atoms with Crippen molar-refractivity contribution >= 4 is 11.6 Å². The quantitative estimate of drug-likeness (QED) is 0.865. The molecule has 1 aromatic carbocycles. The van der Waals surface area contributed by atoms with Crippen molar-refractivity contribution in [2.45, 2.75) is 25.0 Å². The van der Waals surface area contributed by atoms with Crippen LogP contribution in [0.15, 0.2) is 24.3 Å². The fourth-order valence-corrected chi connectivity index (χ4v) is 2.10. The van der Waals surface area contributed by atoms with Gasteiger partial charge < -0.3 is 15.2 Å². The molecule has 0 radical (unpaired) electrons. The summed E-state index contributed by atoms with van der Waals surface area (Å²) in [4.78, 5) is 0. The van der Waals surface area contributed by atoms with Crippen molar-refractivity contribution in [2.75, 3.05) is 19.7 Å². The Morgan fingerprint density at radius 3 is 2.53 bits per heavy atom. The van der Waals surface area contributed by atoms with Gasteiger partial charge in [0.25, 0.3) is 0 Å². The highest BCUT2D eigenvalue weighted by molar-refractivity contribution is 6.30. The van der Waals surface area contributed by atoms with Gasteiger partial charge in [0, 0.05) is 5.02 Å². The monoisotopic (exact) mass is 255 g/mol. The van der Waals surface area contributed by atoms with Crippen molar-refractivity contribution in [3.05, 3.63) is 34.9 Å². The van der Waals surface area contributed by atoms with Crippen LogP contribution in [-0.4, -0.2) is 30.4 Å². The van der Waals surface area contributed by atoms with Gasteiger partial charge in [-0.2, -0.15) is 0 Å². The topological polar surface area (TPSA) is 41.5 Å². The van der Waals surface area contributed by atoms with Gasteiger partial charge in [0.15, 0.2) is 0 Å². The number of nitrogens with one attached hydrogen (secondary N) is 1. The van der Waals surface area contributed by atoms with Crippen molar-refractivity contribution in [1.82, 2.24) is 5.32 Å². The van der Waals surface area contributed by atoms with E-state index in [4.69, 9.17) is 16.3 Å². The fraction of sp³-hybridized carbons (Fsp3) is 0.538. The average molecular weight is 256 g/mol. The van der Waals surface area contributed by atoms with E-state index in [0.717, 1.165) is 36.5 Å². The predicted molar refractivity (Wildman–Crippen MR) is 68.2 cm³/mol. The minimum Gasteiger partial charge on any atom is -0.387 e. The van der Waals surface area contributed by atoms with Crippen LogP contribution in [0.5, 0.6) is 0 Å². The van der Waals surface area contributed by atoms with E-state index in [0.29, 0.717) is 13.2 Å². The number of piperidine rings is 1. The Morgan fingerprint density at radius 2 is 1.88 bits per heavy atom. The van der Waals surface area contributed by atoms with Crippen LogP contribution in [0.25, 0.3) is 0 Å². The van der Waals surface area contributed by atoms with Crippen LogP contribution in [0.2, 0.25) is 5.02 Å². The Balaban J connectivity index is 1.77. The number of hydrogen-bond acceptors (Lipinski definition) is 3. The lowest BCUT2D eigenvalue weighted by Crippen LogP contribution is -2.45. The lowest BCUT2D eigenvalue weighted by molar-refractivity contribution is -0.0687. The summed E-state index contributed by atoms with van der Waals surface area (Å²) in [6, 6.07) is 7.57. The van der Waals surface area contributed by atoms with Gasteiger partial charge in [0.05, 0.1) is 18.8 Å². The summed E-state index contributed by atoms with van der Waals surface area (Å²) in [7, 11) is 0. The van der Waals surface area contributed by atoms with E-state index in [9.17, 15) is 5.11 Å². The molecule has 0 saturated carbocycles. The van der Waals surface area contributed by atoms with E-state index in [2.05, 4.69) is 5.32 Å². The summed E-state index contributed by atoms with van der Waals surface area (Å²) in [5, 5.41) is 14.2. The van der Waals surface area contributed by atoms with Crippen LogP contribution in [0, 0.1) is 0 Å². The maximum absolute atomic E-state index is 10.2. The Bertz CT molecular complexity index is 347. The zero-order valence-electron chi connectivity index (χ0n) is 9.79. The second-order valence-electron chi connectivity index (χ2n) is 4.59. The molecule has 1 heterocycles. The molecule has 1 saturated heterocycles. The molecule has 2 rings (SSSR count). The van der Waals surface area contributed by atoms with Gasteiger partial charge in [0.2, 0.25) is 0 Å². The SMILES string of the molecule is OC1(COCc2ccc(Cl)cc2)CCNCC1. The highest BCUT2D eigenvalue weighted by atomic mass is 35.5. The van der Waals surface area contributed by atoms with Crippen molar-refractivity contribution in [1.29, 1.82) is 0 Å². The normalized spacial score (nSPS) is 19.2. The van der Waals surface area contributed by atoms with Gasteiger partial charge in [-0.05, 0) is 43.6 Å². The first-order valence-electron chi connectivity index (χ1n) is 5.93. The molecule has 0 aromatic heterocycles. The van der Waals surface area contributed by atoms with E-state index in [-0.39, 0.29) is 0 Å². The third kappa shape index (κ3) is 3.96. The summed E-state index contributed by atoms with van der Waals surface area (Å²) in [5.74, 6) is 0. The lowest BCUT2D eigenvalue weighted by Gasteiger charge is -2.32. The van der Waals surface area contributed by atoms with Crippen LogP contribution < -0.4 is 5.32 Å². The molecule has 0 amide bonds. The molecule has 1 aromatic rings. The van der Waals surface area contributed by atoms with Crippen LogP contribution in [-0.2, 0) is 11.3 Å². The lowest BCUT2D eigenvalue weighted by atomic mass is 9.94. The molecule has 0 atom stereocenters. The molecule has 17 heavy (non-hydrogen) atoms. The van der Waals surface area contributed by atoms with Crippen LogP contribution in [0.3, 0.4) is 0 Å². The molecular formula is C13H18ClNO2. The third-order valence-corrected chi connectivity index (χ3v) is 3.34. The van der Waals surface area contributed by atoms with Crippen LogP contribution in [0.1, 0.15) is 18.4 Å². The first-order valence-corrected chi connectivity index (χ1v) is 6.31. The summed E-state index contributed by atoms with van der Waals surface area (Å²) in [5.41, 5.74) is 0.421. The van der Waals surface area contributed by atoms with Gasteiger partial charge in [-0.15, -0.1) is 0 Å². The smallest absolute Gasteiger partial charge is 0.0904 e. The second-order valence-corrected chi connectivity index (χ2v) is 5.03. The molecular weight excluding hydrogens is 238 g/mol. The Labute approximate surface area is 107 Å². The molecule has 0 unspecified atom stereocenters. The van der Waals surface area contributed by atoms with Crippen molar-refractivity contribution in [3.63, 3.8) is 0 Å². The summed E-state index contributed by atoms with van der Waals surface area (Å²) >= 11 is 5.80. The fourth-order valence-electron chi connectivity index (χ4n) is 1.98. The minimum atomic E-state index is -0.655. The zero-order valence-corrected chi connectivity index (χ0v) is 10.5.